The van der Waals surface area contributed by atoms with Gasteiger partial charge in [0.05, 0.1) is 0 Å². The van der Waals surface area contributed by atoms with Gasteiger partial charge in [-0.3, -0.25) is 0 Å². The highest BCUT2D eigenvalue weighted by molar-refractivity contribution is 4.77. The summed E-state index contributed by atoms with van der Waals surface area (Å²) >= 11 is 0. The van der Waals surface area contributed by atoms with Gasteiger partial charge in [0.1, 0.15) is 0 Å². The molecule has 0 aromatic heterocycles. The Labute approximate surface area is 135 Å². The first kappa shape index (κ1) is 21.0. The summed E-state index contributed by atoms with van der Waals surface area (Å²) in [5.74, 6) is 1.67. The van der Waals surface area contributed by atoms with E-state index in [0.29, 0.717) is 6.04 Å². The highest BCUT2D eigenvalue weighted by Crippen LogP contribution is 2.26. The van der Waals surface area contributed by atoms with Gasteiger partial charge in [0.2, 0.25) is 0 Å². The monoisotopic (exact) mass is 297 g/mol. The van der Waals surface area contributed by atoms with E-state index in [1.54, 1.807) is 0 Å². The summed E-state index contributed by atoms with van der Waals surface area (Å²) in [5, 5.41) is 0. The summed E-state index contributed by atoms with van der Waals surface area (Å²) in [6.07, 6.45) is 18.4. The van der Waals surface area contributed by atoms with Crippen molar-refractivity contribution >= 4 is 0 Å². The average Bonchev–Trinajstić information content (AvgIpc) is 2.47. The zero-order valence-corrected chi connectivity index (χ0v) is 15.5. The van der Waals surface area contributed by atoms with E-state index >= 15 is 0 Å². The Kier molecular flexibility index (Phi) is 14.9. The van der Waals surface area contributed by atoms with Crippen LogP contribution in [0.3, 0.4) is 0 Å². The molecule has 1 rings (SSSR count). The molecule has 0 heterocycles. The van der Waals surface area contributed by atoms with Gasteiger partial charge in [-0.15, -0.1) is 0 Å². The van der Waals surface area contributed by atoms with Crippen LogP contribution in [0, 0.1) is 11.8 Å². The summed E-state index contributed by atoms with van der Waals surface area (Å²) in [6, 6.07) is 0.487. The normalized spacial score (nSPS) is 25.3. The zero-order valence-electron chi connectivity index (χ0n) is 15.5. The largest absolute Gasteiger partial charge is 0.327 e. The third-order valence-electron chi connectivity index (χ3n) is 4.95. The Morgan fingerprint density at radius 2 is 1.14 bits per heavy atom. The molecule has 0 bridgehead atoms. The molecule has 0 aromatic rings. The van der Waals surface area contributed by atoms with Gasteiger partial charge >= 0.3 is 0 Å². The molecular formula is C20H43N. The first-order chi connectivity index (χ1) is 10.1. The molecule has 0 aromatic carbocycles. The van der Waals surface area contributed by atoms with E-state index in [1.165, 1.54) is 83.5 Å². The fraction of sp³-hybridized carbons (Fsp3) is 1.00. The molecule has 1 nitrogen and oxygen atoms in total. The molecule has 1 heteroatoms. The van der Waals surface area contributed by atoms with Crippen LogP contribution in [0.15, 0.2) is 0 Å². The Hall–Kier alpha value is -0.0400. The Bertz CT molecular complexity index is 192. The van der Waals surface area contributed by atoms with Gasteiger partial charge < -0.3 is 5.73 Å². The molecule has 2 N–H and O–H groups in total. The maximum atomic E-state index is 5.84. The lowest BCUT2D eigenvalue weighted by Crippen LogP contribution is -2.33. The third kappa shape index (κ3) is 13.4. The average molecular weight is 298 g/mol. The number of hydrogen-bond donors (Lipinski definition) is 1. The van der Waals surface area contributed by atoms with Crippen molar-refractivity contribution in [3.05, 3.63) is 0 Å². The van der Waals surface area contributed by atoms with Crippen LogP contribution in [-0.2, 0) is 0 Å². The molecule has 1 fully saturated rings. The van der Waals surface area contributed by atoms with Gasteiger partial charge in [0.25, 0.3) is 0 Å². The molecule has 0 aliphatic heterocycles. The first-order valence-electron chi connectivity index (χ1n) is 9.87. The maximum absolute atomic E-state index is 5.84. The van der Waals surface area contributed by atoms with Crippen LogP contribution in [0.1, 0.15) is 111 Å². The Balaban J connectivity index is 0.000000394. The summed E-state index contributed by atoms with van der Waals surface area (Å²) in [5.41, 5.74) is 5.84. The lowest BCUT2D eigenvalue weighted by atomic mass is 9.80. The van der Waals surface area contributed by atoms with E-state index in [-0.39, 0.29) is 0 Å². The third-order valence-corrected chi connectivity index (χ3v) is 4.95. The predicted octanol–water partition coefficient (Wildman–Crippen LogP) is 6.70. The Morgan fingerprint density at radius 1 is 0.714 bits per heavy atom. The van der Waals surface area contributed by atoms with Crippen LogP contribution in [0.25, 0.3) is 0 Å². The Morgan fingerprint density at radius 3 is 1.48 bits per heavy atom. The van der Waals surface area contributed by atoms with E-state index in [4.69, 9.17) is 5.73 Å². The van der Waals surface area contributed by atoms with Gasteiger partial charge in [0.15, 0.2) is 0 Å². The van der Waals surface area contributed by atoms with Crippen molar-refractivity contribution < 1.29 is 0 Å². The second-order valence-electron chi connectivity index (χ2n) is 7.39. The van der Waals surface area contributed by atoms with E-state index in [2.05, 4.69) is 27.7 Å². The predicted molar refractivity (Wildman–Crippen MR) is 97.7 cm³/mol. The van der Waals surface area contributed by atoms with Gasteiger partial charge in [-0.2, -0.15) is 0 Å². The zero-order chi connectivity index (χ0) is 15.9. The lowest BCUT2D eigenvalue weighted by molar-refractivity contribution is 0.263. The van der Waals surface area contributed by atoms with Crippen molar-refractivity contribution in [2.45, 2.75) is 117 Å². The molecule has 0 radical (unpaired) electrons. The van der Waals surface area contributed by atoms with Gasteiger partial charge in [-0.05, 0) is 31.1 Å². The topological polar surface area (TPSA) is 26.0 Å². The summed E-state index contributed by atoms with van der Waals surface area (Å²) in [6.45, 7) is 9.14. The SMILES string of the molecule is CC1CCC(N)C(C)C1.CCCCCCCCCCCC. The van der Waals surface area contributed by atoms with E-state index in [0.717, 1.165) is 11.8 Å². The van der Waals surface area contributed by atoms with Crippen molar-refractivity contribution in [1.82, 2.24) is 0 Å². The first-order valence-corrected chi connectivity index (χ1v) is 9.87. The molecule has 1 aliphatic carbocycles. The molecule has 1 aliphatic rings. The smallest absolute Gasteiger partial charge is 0.00647 e. The fourth-order valence-electron chi connectivity index (χ4n) is 3.25. The lowest BCUT2D eigenvalue weighted by Gasteiger charge is -2.29. The molecule has 3 atom stereocenters. The van der Waals surface area contributed by atoms with Gasteiger partial charge in [0, 0.05) is 6.04 Å². The number of unbranched alkanes of at least 4 members (excludes halogenated alkanes) is 9. The molecule has 0 saturated heterocycles. The van der Waals surface area contributed by atoms with Crippen LogP contribution in [0.4, 0.5) is 0 Å². The van der Waals surface area contributed by atoms with Gasteiger partial charge in [-0.1, -0.05) is 91.9 Å². The standard InChI is InChI=1S/C12H26.C8H17N/c1-3-5-7-9-11-12-10-8-6-4-2;1-6-3-4-8(9)7(2)5-6/h3-12H2,1-2H3;6-8H,3-5,9H2,1-2H3. The minimum atomic E-state index is 0.487. The van der Waals surface area contributed by atoms with Crippen molar-refractivity contribution in [1.29, 1.82) is 0 Å². The summed E-state index contributed by atoms with van der Waals surface area (Å²) in [7, 11) is 0. The number of nitrogens with two attached hydrogens (primary N) is 1. The molecular weight excluding hydrogens is 254 g/mol. The summed E-state index contributed by atoms with van der Waals surface area (Å²) in [4.78, 5) is 0. The van der Waals surface area contributed by atoms with Crippen molar-refractivity contribution in [2.75, 3.05) is 0 Å². The number of hydrogen-bond acceptors (Lipinski definition) is 1. The minimum Gasteiger partial charge on any atom is -0.327 e. The molecule has 0 spiro atoms. The number of rotatable bonds is 9. The van der Waals surface area contributed by atoms with Crippen LogP contribution in [-0.4, -0.2) is 6.04 Å². The second-order valence-corrected chi connectivity index (χ2v) is 7.39. The highest BCUT2D eigenvalue weighted by atomic mass is 14.7. The second kappa shape index (κ2) is 14.9. The quantitative estimate of drug-likeness (QED) is 0.471. The fourth-order valence-corrected chi connectivity index (χ4v) is 3.25. The molecule has 128 valence electrons. The van der Waals surface area contributed by atoms with Crippen LogP contribution in [0.5, 0.6) is 0 Å². The highest BCUT2D eigenvalue weighted by Gasteiger charge is 2.21. The van der Waals surface area contributed by atoms with Crippen LogP contribution < -0.4 is 5.73 Å². The van der Waals surface area contributed by atoms with Crippen molar-refractivity contribution in [3.63, 3.8) is 0 Å². The minimum absolute atomic E-state index is 0.487. The van der Waals surface area contributed by atoms with E-state index < -0.39 is 0 Å². The molecule has 1 saturated carbocycles. The van der Waals surface area contributed by atoms with Gasteiger partial charge in [-0.25, -0.2) is 0 Å². The van der Waals surface area contributed by atoms with Crippen molar-refractivity contribution in [3.8, 4) is 0 Å². The van der Waals surface area contributed by atoms with Crippen LogP contribution >= 0.6 is 0 Å². The van der Waals surface area contributed by atoms with Crippen LogP contribution in [0.2, 0.25) is 0 Å². The van der Waals surface area contributed by atoms with E-state index in [9.17, 15) is 0 Å². The molecule has 3 unspecified atom stereocenters. The summed E-state index contributed by atoms with van der Waals surface area (Å²) < 4.78 is 0. The molecule has 0 amide bonds. The molecule has 21 heavy (non-hydrogen) atoms. The van der Waals surface area contributed by atoms with Crippen molar-refractivity contribution in [2.24, 2.45) is 17.6 Å². The van der Waals surface area contributed by atoms with E-state index in [1.807, 2.05) is 0 Å². The maximum Gasteiger partial charge on any atom is 0.00647 e.